The van der Waals surface area contributed by atoms with Crippen molar-refractivity contribution in [3.63, 3.8) is 0 Å². The summed E-state index contributed by atoms with van der Waals surface area (Å²) in [6.07, 6.45) is 1.58. The van der Waals surface area contributed by atoms with Crippen molar-refractivity contribution in [3.8, 4) is 0 Å². The summed E-state index contributed by atoms with van der Waals surface area (Å²) in [7, 11) is 0.364. The van der Waals surface area contributed by atoms with Crippen LogP contribution in [0, 0.1) is 0 Å². The van der Waals surface area contributed by atoms with Gasteiger partial charge in [0.05, 0.1) is 10.8 Å². The van der Waals surface area contributed by atoms with Gasteiger partial charge in [-0.2, -0.15) is 0 Å². The first-order valence-corrected chi connectivity index (χ1v) is 12.7. The number of carboxylic acids is 1. The molecule has 168 valence electrons. The SMILES string of the molecule is CC(=CN[C@@H]1C(=O)N2C(C(=O)O)=C(CSc3nnnn3C)CS[C@@H]12)S(=O)c1ccccc1. The highest BCUT2D eigenvalue weighted by atomic mass is 32.2. The number of allylic oxidation sites excluding steroid dienone is 1. The van der Waals surface area contributed by atoms with E-state index in [1.165, 1.54) is 33.1 Å². The number of benzene rings is 1. The fourth-order valence-electron chi connectivity index (χ4n) is 3.30. The summed E-state index contributed by atoms with van der Waals surface area (Å²) in [5, 5.41) is 24.3. The minimum absolute atomic E-state index is 0.0213. The molecule has 3 heterocycles. The van der Waals surface area contributed by atoms with Crippen LogP contribution in [0.4, 0.5) is 0 Å². The second-order valence-corrected chi connectivity index (χ2v) is 10.7. The molecule has 2 aliphatic heterocycles. The molecule has 10 nitrogen and oxygen atoms in total. The third kappa shape index (κ3) is 4.32. The van der Waals surface area contributed by atoms with E-state index in [2.05, 4.69) is 20.8 Å². The molecule has 1 unspecified atom stereocenters. The number of nitrogens with one attached hydrogen (secondary N) is 1. The maximum atomic E-state index is 12.8. The molecule has 4 rings (SSSR count). The third-order valence-corrected chi connectivity index (χ3v) is 8.76. The lowest BCUT2D eigenvalue weighted by molar-refractivity contribution is -0.148. The molecule has 1 fully saturated rings. The van der Waals surface area contributed by atoms with Gasteiger partial charge in [0.15, 0.2) is 0 Å². The number of tetrazole rings is 1. The predicted molar refractivity (Wildman–Crippen MR) is 121 cm³/mol. The van der Waals surface area contributed by atoms with Gasteiger partial charge in [0.1, 0.15) is 17.1 Å². The van der Waals surface area contributed by atoms with E-state index in [1.807, 2.05) is 18.2 Å². The average molecular weight is 493 g/mol. The Bertz CT molecular complexity index is 1130. The molecule has 0 spiro atoms. The number of aliphatic carboxylic acids is 1. The fraction of sp³-hybridized carbons (Fsp3) is 0.316. The van der Waals surface area contributed by atoms with Gasteiger partial charge in [-0.05, 0) is 35.1 Å². The highest BCUT2D eigenvalue weighted by molar-refractivity contribution is 8.01. The Kier molecular flexibility index (Phi) is 6.67. The monoisotopic (exact) mass is 492 g/mol. The Balaban J connectivity index is 1.45. The molecule has 32 heavy (non-hydrogen) atoms. The number of amides is 1. The summed E-state index contributed by atoms with van der Waals surface area (Å²) in [4.78, 5) is 27.3. The zero-order chi connectivity index (χ0) is 22.8. The number of hydrogen-bond donors (Lipinski definition) is 2. The molecule has 1 aromatic carbocycles. The predicted octanol–water partition coefficient (Wildman–Crippen LogP) is 1.18. The van der Waals surface area contributed by atoms with Gasteiger partial charge in [0.25, 0.3) is 5.91 Å². The fourth-order valence-corrected chi connectivity index (χ4v) is 6.60. The van der Waals surface area contributed by atoms with E-state index in [4.69, 9.17) is 0 Å². The number of carboxylic acid groups (broad SMARTS) is 1. The summed E-state index contributed by atoms with van der Waals surface area (Å²) in [5.41, 5.74) is 0.670. The summed E-state index contributed by atoms with van der Waals surface area (Å²) >= 11 is 2.82. The van der Waals surface area contributed by atoms with Crippen LogP contribution < -0.4 is 5.32 Å². The molecule has 0 aliphatic carbocycles. The van der Waals surface area contributed by atoms with Gasteiger partial charge in [-0.3, -0.25) is 9.69 Å². The molecular weight excluding hydrogens is 472 g/mol. The Morgan fingerprint density at radius 3 is 2.81 bits per heavy atom. The van der Waals surface area contributed by atoms with Gasteiger partial charge in [-0.25, -0.2) is 13.7 Å². The van der Waals surface area contributed by atoms with Crippen LogP contribution in [0.25, 0.3) is 0 Å². The molecule has 2 aromatic rings. The Morgan fingerprint density at radius 1 is 1.41 bits per heavy atom. The lowest BCUT2D eigenvalue weighted by Gasteiger charge is -2.49. The lowest BCUT2D eigenvalue weighted by atomic mass is 10.0. The summed E-state index contributed by atoms with van der Waals surface area (Å²) in [6.45, 7) is 1.73. The van der Waals surface area contributed by atoms with Gasteiger partial charge in [-0.15, -0.1) is 16.9 Å². The van der Waals surface area contributed by atoms with E-state index in [-0.39, 0.29) is 17.0 Å². The van der Waals surface area contributed by atoms with Crippen molar-refractivity contribution in [1.29, 1.82) is 0 Å². The maximum Gasteiger partial charge on any atom is 0.352 e. The van der Waals surface area contributed by atoms with Crippen molar-refractivity contribution in [2.75, 3.05) is 11.5 Å². The zero-order valence-corrected chi connectivity index (χ0v) is 19.6. The molecule has 0 saturated carbocycles. The van der Waals surface area contributed by atoms with Crippen LogP contribution in [0.5, 0.6) is 0 Å². The van der Waals surface area contributed by atoms with Crippen molar-refractivity contribution >= 4 is 46.2 Å². The minimum Gasteiger partial charge on any atom is -0.477 e. The molecule has 0 radical (unpaired) electrons. The number of fused-ring (bicyclic) bond motifs is 1. The maximum absolute atomic E-state index is 12.8. The number of aryl methyl sites for hydroxylation is 1. The second kappa shape index (κ2) is 9.46. The summed E-state index contributed by atoms with van der Waals surface area (Å²) in [6, 6.07) is 8.47. The second-order valence-electron chi connectivity index (χ2n) is 7.02. The normalized spacial score (nSPS) is 21.8. The third-order valence-electron chi connectivity index (χ3n) is 4.92. The quantitative estimate of drug-likeness (QED) is 0.409. The van der Waals surface area contributed by atoms with E-state index in [1.54, 1.807) is 32.3 Å². The molecule has 1 aromatic heterocycles. The molecule has 0 bridgehead atoms. The van der Waals surface area contributed by atoms with E-state index in [0.717, 1.165) is 0 Å². The molecular formula is C19H20N6O4S3. The summed E-state index contributed by atoms with van der Waals surface area (Å²) < 4.78 is 14.1. The Hall–Kier alpha value is -2.64. The van der Waals surface area contributed by atoms with Crippen molar-refractivity contribution in [3.05, 3.63) is 52.7 Å². The number of β-lactam (4-membered cyclic amide) rings is 1. The Labute approximate surface area is 195 Å². The molecule has 3 atom stereocenters. The van der Waals surface area contributed by atoms with Gasteiger partial charge in [0, 0.05) is 34.6 Å². The van der Waals surface area contributed by atoms with Crippen LogP contribution in [0.3, 0.4) is 0 Å². The van der Waals surface area contributed by atoms with Crippen LogP contribution >= 0.6 is 23.5 Å². The minimum atomic E-state index is -1.34. The van der Waals surface area contributed by atoms with Crippen LogP contribution in [-0.2, 0) is 27.4 Å². The topological polar surface area (TPSA) is 130 Å². The average Bonchev–Trinajstić information content (AvgIpc) is 3.21. The van der Waals surface area contributed by atoms with Crippen LogP contribution in [0.1, 0.15) is 6.92 Å². The van der Waals surface area contributed by atoms with E-state index in [0.29, 0.717) is 32.0 Å². The first-order chi connectivity index (χ1) is 15.4. The van der Waals surface area contributed by atoms with E-state index >= 15 is 0 Å². The van der Waals surface area contributed by atoms with E-state index < -0.39 is 22.8 Å². The van der Waals surface area contributed by atoms with Gasteiger partial charge < -0.3 is 10.4 Å². The number of rotatable bonds is 8. The first-order valence-electron chi connectivity index (χ1n) is 9.53. The number of aromatic nitrogens is 4. The summed E-state index contributed by atoms with van der Waals surface area (Å²) in [5.74, 6) is -0.611. The van der Waals surface area contributed by atoms with Crippen molar-refractivity contribution in [2.24, 2.45) is 7.05 Å². The van der Waals surface area contributed by atoms with Crippen LogP contribution in [0.2, 0.25) is 0 Å². The zero-order valence-electron chi connectivity index (χ0n) is 17.2. The van der Waals surface area contributed by atoms with Crippen LogP contribution in [-0.4, -0.2) is 69.2 Å². The standard InChI is InChI=1S/C19H20N6O4S3/c1-11(32(29)13-6-4-3-5-7-13)8-20-14-16(26)25-15(18(27)28)12(9-30-17(14)25)10-31-19-21-22-23-24(19)2/h3-8,14,17,20H,9-10H2,1-2H3,(H,27,28)/t14-,17+,32?/m1/s1. The number of carbonyl (C=O) groups is 2. The first kappa shape index (κ1) is 22.6. The van der Waals surface area contributed by atoms with Crippen molar-refractivity contribution in [1.82, 2.24) is 30.4 Å². The highest BCUT2D eigenvalue weighted by Gasteiger charge is 2.53. The number of thioether (sulfide) groups is 2. The molecule has 2 N–H and O–H groups in total. The number of nitrogens with zero attached hydrogens (tertiary/aromatic N) is 5. The molecule has 1 amide bonds. The molecule has 2 aliphatic rings. The smallest absolute Gasteiger partial charge is 0.352 e. The van der Waals surface area contributed by atoms with Crippen LogP contribution in [0.15, 0.2) is 62.8 Å². The lowest BCUT2D eigenvalue weighted by Crippen LogP contribution is -2.69. The van der Waals surface area contributed by atoms with E-state index in [9.17, 15) is 18.9 Å². The molecule has 1 saturated heterocycles. The van der Waals surface area contributed by atoms with Gasteiger partial charge >= 0.3 is 5.97 Å². The van der Waals surface area contributed by atoms with Gasteiger partial charge in [0.2, 0.25) is 5.16 Å². The van der Waals surface area contributed by atoms with Crippen molar-refractivity contribution in [2.45, 2.75) is 28.4 Å². The molecule has 13 heteroatoms. The Morgan fingerprint density at radius 2 is 2.16 bits per heavy atom. The van der Waals surface area contributed by atoms with Gasteiger partial charge in [-0.1, -0.05) is 30.0 Å². The van der Waals surface area contributed by atoms with Crippen molar-refractivity contribution < 1.29 is 18.9 Å². The number of hydrogen-bond acceptors (Lipinski definition) is 9. The number of carbonyl (C=O) groups excluding carboxylic acids is 1. The highest BCUT2D eigenvalue weighted by Crippen LogP contribution is 2.41. The largest absolute Gasteiger partial charge is 0.477 e.